The summed E-state index contributed by atoms with van der Waals surface area (Å²) in [5.41, 5.74) is 0. The van der Waals surface area contributed by atoms with Crippen molar-refractivity contribution >= 4 is 21.7 Å². The summed E-state index contributed by atoms with van der Waals surface area (Å²) in [5, 5.41) is 2.58. The molecule has 0 bridgehead atoms. The van der Waals surface area contributed by atoms with Gasteiger partial charge >= 0.3 is 0 Å². The summed E-state index contributed by atoms with van der Waals surface area (Å²) in [5.74, 6) is -0.0328. The average Bonchev–Trinajstić information content (AvgIpc) is 3.14. The number of carbonyl (C=O) groups excluding carboxylic acids is 2. The monoisotopic (exact) mass is 288 g/mol. The molecule has 1 saturated heterocycles. The fraction of sp³-hybridized carbons (Fsp3) is 0.833. The van der Waals surface area contributed by atoms with Crippen molar-refractivity contribution in [3.63, 3.8) is 0 Å². The van der Waals surface area contributed by atoms with Crippen LogP contribution in [-0.4, -0.2) is 55.8 Å². The van der Waals surface area contributed by atoms with Crippen molar-refractivity contribution < 1.29 is 18.0 Å². The number of hydrogen-bond donors (Lipinski definition) is 1. The maximum atomic E-state index is 11.9. The van der Waals surface area contributed by atoms with Crippen LogP contribution in [0.4, 0.5) is 0 Å². The normalized spacial score (nSPS) is 24.5. The zero-order chi connectivity index (χ0) is 14.0. The van der Waals surface area contributed by atoms with Crippen molar-refractivity contribution in [2.24, 2.45) is 5.92 Å². The Morgan fingerprint density at radius 3 is 2.53 bits per heavy atom. The zero-order valence-electron chi connectivity index (χ0n) is 11.1. The van der Waals surface area contributed by atoms with Gasteiger partial charge in [-0.05, 0) is 25.2 Å². The molecule has 2 amide bonds. The van der Waals surface area contributed by atoms with E-state index in [1.165, 1.54) is 4.90 Å². The standard InChI is InChI=1S/C12H20N2O4S/c1-2-6-19(17,18)7-5-14-10(15)8-13-12(16)11(14)9-3-4-9/h9,11H,2-8H2,1H3,(H,13,16). The van der Waals surface area contributed by atoms with Gasteiger partial charge in [-0.2, -0.15) is 0 Å². The van der Waals surface area contributed by atoms with Crippen LogP contribution in [0.15, 0.2) is 0 Å². The Bertz CT molecular complexity index is 470. The number of sulfone groups is 1. The van der Waals surface area contributed by atoms with E-state index in [4.69, 9.17) is 0 Å². The minimum absolute atomic E-state index is 0.0180. The van der Waals surface area contributed by atoms with Crippen LogP contribution in [0.2, 0.25) is 0 Å². The maximum absolute atomic E-state index is 11.9. The molecule has 1 unspecified atom stereocenters. The molecule has 1 saturated carbocycles. The Hall–Kier alpha value is -1.11. The fourth-order valence-electron chi connectivity index (χ4n) is 2.46. The number of amides is 2. The van der Waals surface area contributed by atoms with Gasteiger partial charge in [0.1, 0.15) is 6.04 Å². The second-order valence-corrected chi connectivity index (χ2v) is 7.54. The van der Waals surface area contributed by atoms with Crippen molar-refractivity contribution in [1.29, 1.82) is 0 Å². The predicted octanol–water partition coefficient (Wildman–Crippen LogP) is -0.452. The Labute approximate surface area is 113 Å². The highest BCUT2D eigenvalue weighted by Gasteiger charge is 2.44. The SMILES string of the molecule is CCCS(=O)(=O)CCN1C(=O)CNC(=O)C1C1CC1. The quantitative estimate of drug-likeness (QED) is 0.717. The van der Waals surface area contributed by atoms with Crippen LogP contribution in [-0.2, 0) is 19.4 Å². The van der Waals surface area contributed by atoms with Crippen LogP contribution in [0.3, 0.4) is 0 Å². The first-order valence-electron chi connectivity index (χ1n) is 6.72. The van der Waals surface area contributed by atoms with Crippen molar-refractivity contribution in [2.45, 2.75) is 32.2 Å². The molecule has 0 aromatic heterocycles. The van der Waals surface area contributed by atoms with Gasteiger partial charge in [0.2, 0.25) is 11.8 Å². The molecule has 7 heteroatoms. The van der Waals surface area contributed by atoms with Gasteiger partial charge in [-0.15, -0.1) is 0 Å². The van der Waals surface area contributed by atoms with E-state index in [0.717, 1.165) is 12.8 Å². The van der Waals surface area contributed by atoms with Crippen LogP contribution in [0.1, 0.15) is 26.2 Å². The first-order valence-corrected chi connectivity index (χ1v) is 8.54. The van der Waals surface area contributed by atoms with E-state index >= 15 is 0 Å². The molecule has 19 heavy (non-hydrogen) atoms. The summed E-state index contributed by atoms with van der Waals surface area (Å²) in [4.78, 5) is 25.2. The summed E-state index contributed by atoms with van der Waals surface area (Å²) in [6.07, 6.45) is 2.44. The van der Waals surface area contributed by atoms with Crippen molar-refractivity contribution in [3.8, 4) is 0 Å². The highest BCUT2D eigenvalue weighted by Crippen LogP contribution is 2.36. The van der Waals surface area contributed by atoms with Crippen molar-refractivity contribution in [2.75, 3.05) is 24.6 Å². The molecule has 1 heterocycles. The molecule has 1 atom stereocenters. The summed E-state index contributed by atoms with van der Waals surface area (Å²) in [6.45, 7) is 1.93. The van der Waals surface area contributed by atoms with Crippen LogP contribution in [0.5, 0.6) is 0 Å². The topological polar surface area (TPSA) is 83.6 Å². The lowest BCUT2D eigenvalue weighted by Gasteiger charge is -2.35. The molecule has 1 N–H and O–H groups in total. The molecule has 2 fully saturated rings. The van der Waals surface area contributed by atoms with Gasteiger partial charge < -0.3 is 10.2 Å². The molecule has 6 nitrogen and oxygen atoms in total. The van der Waals surface area contributed by atoms with Crippen LogP contribution in [0, 0.1) is 5.92 Å². The minimum atomic E-state index is -3.13. The molecule has 0 aromatic carbocycles. The van der Waals surface area contributed by atoms with E-state index in [9.17, 15) is 18.0 Å². The number of rotatable bonds is 6. The number of nitrogens with zero attached hydrogens (tertiary/aromatic N) is 1. The molecular formula is C12H20N2O4S. The van der Waals surface area contributed by atoms with E-state index in [1.807, 2.05) is 6.92 Å². The van der Waals surface area contributed by atoms with Gasteiger partial charge in [0, 0.05) is 12.3 Å². The lowest BCUT2D eigenvalue weighted by Crippen LogP contribution is -2.60. The first-order chi connectivity index (χ1) is 8.94. The average molecular weight is 288 g/mol. The van der Waals surface area contributed by atoms with Gasteiger partial charge in [0.25, 0.3) is 0 Å². The van der Waals surface area contributed by atoms with E-state index in [0.29, 0.717) is 6.42 Å². The van der Waals surface area contributed by atoms with E-state index in [2.05, 4.69) is 5.32 Å². The third kappa shape index (κ3) is 3.46. The van der Waals surface area contributed by atoms with Crippen molar-refractivity contribution in [1.82, 2.24) is 10.2 Å². The molecule has 2 aliphatic rings. The predicted molar refractivity (Wildman–Crippen MR) is 70.2 cm³/mol. The molecule has 0 aromatic rings. The molecule has 1 aliphatic heterocycles. The zero-order valence-corrected chi connectivity index (χ0v) is 11.9. The van der Waals surface area contributed by atoms with E-state index in [1.54, 1.807) is 0 Å². The molecular weight excluding hydrogens is 268 g/mol. The molecule has 2 rings (SSSR count). The Kier molecular flexibility index (Phi) is 4.13. The summed E-state index contributed by atoms with van der Waals surface area (Å²) < 4.78 is 23.4. The lowest BCUT2D eigenvalue weighted by atomic mass is 10.1. The smallest absolute Gasteiger partial charge is 0.243 e. The van der Waals surface area contributed by atoms with Crippen molar-refractivity contribution in [3.05, 3.63) is 0 Å². The van der Waals surface area contributed by atoms with E-state index in [-0.39, 0.29) is 42.3 Å². The fourth-order valence-corrected chi connectivity index (χ4v) is 3.76. The van der Waals surface area contributed by atoms with Gasteiger partial charge in [-0.3, -0.25) is 9.59 Å². The minimum Gasteiger partial charge on any atom is -0.345 e. The second-order valence-electron chi connectivity index (χ2n) is 5.24. The number of piperazine rings is 1. The largest absolute Gasteiger partial charge is 0.345 e. The van der Waals surface area contributed by atoms with Gasteiger partial charge in [-0.25, -0.2) is 8.42 Å². The van der Waals surface area contributed by atoms with Crippen LogP contribution >= 0.6 is 0 Å². The second kappa shape index (κ2) is 5.48. The lowest BCUT2D eigenvalue weighted by molar-refractivity contribution is -0.146. The van der Waals surface area contributed by atoms with E-state index < -0.39 is 15.9 Å². The Morgan fingerprint density at radius 1 is 1.26 bits per heavy atom. The third-order valence-electron chi connectivity index (χ3n) is 3.57. The summed E-state index contributed by atoms with van der Waals surface area (Å²) in [7, 11) is -3.13. The molecule has 0 radical (unpaired) electrons. The number of hydrogen-bond acceptors (Lipinski definition) is 4. The van der Waals surface area contributed by atoms with Crippen LogP contribution in [0.25, 0.3) is 0 Å². The van der Waals surface area contributed by atoms with Crippen LogP contribution < -0.4 is 5.32 Å². The summed E-state index contributed by atoms with van der Waals surface area (Å²) in [6, 6.07) is -0.460. The van der Waals surface area contributed by atoms with Gasteiger partial charge in [-0.1, -0.05) is 6.92 Å². The summed E-state index contributed by atoms with van der Waals surface area (Å²) >= 11 is 0. The Balaban J connectivity index is 2.02. The molecule has 1 aliphatic carbocycles. The van der Waals surface area contributed by atoms with Gasteiger partial charge in [0.15, 0.2) is 9.84 Å². The van der Waals surface area contributed by atoms with Gasteiger partial charge in [0.05, 0.1) is 12.3 Å². The highest BCUT2D eigenvalue weighted by atomic mass is 32.2. The maximum Gasteiger partial charge on any atom is 0.243 e. The number of carbonyl (C=O) groups is 2. The first kappa shape index (κ1) is 14.3. The Morgan fingerprint density at radius 2 is 1.95 bits per heavy atom. The highest BCUT2D eigenvalue weighted by molar-refractivity contribution is 7.91. The molecule has 108 valence electrons. The third-order valence-corrected chi connectivity index (χ3v) is 5.40. The number of nitrogens with one attached hydrogen (secondary N) is 1. The molecule has 0 spiro atoms.